The van der Waals surface area contributed by atoms with Gasteiger partial charge in [0.1, 0.15) is 5.75 Å². The van der Waals surface area contributed by atoms with Crippen molar-refractivity contribution in [1.82, 2.24) is 0 Å². The van der Waals surface area contributed by atoms with Crippen LogP contribution >= 0.6 is 15.9 Å². The smallest absolute Gasteiger partial charge is 0.292 e. The van der Waals surface area contributed by atoms with Gasteiger partial charge in [0.2, 0.25) is 0 Å². The molecule has 0 radical (unpaired) electrons. The third-order valence-corrected chi connectivity index (χ3v) is 5.02. The van der Waals surface area contributed by atoms with Crippen molar-refractivity contribution in [3.8, 4) is 5.75 Å². The third-order valence-electron chi connectivity index (χ3n) is 4.53. The van der Waals surface area contributed by atoms with E-state index in [1.54, 1.807) is 12.0 Å². The summed E-state index contributed by atoms with van der Waals surface area (Å²) >= 11 is 3.48. The van der Waals surface area contributed by atoms with Gasteiger partial charge in [0, 0.05) is 10.0 Å². The van der Waals surface area contributed by atoms with Crippen LogP contribution in [0, 0.1) is 0 Å². The van der Waals surface area contributed by atoms with Crippen LogP contribution in [-0.2, 0) is 26.6 Å². The quantitative estimate of drug-likeness (QED) is 0.785. The van der Waals surface area contributed by atoms with Crippen LogP contribution in [0.15, 0.2) is 46.9 Å². The van der Waals surface area contributed by atoms with Gasteiger partial charge in [-0.15, -0.1) is 0 Å². The van der Waals surface area contributed by atoms with Crippen molar-refractivity contribution in [1.29, 1.82) is 0 Å². The van der Waals surface area contributed by atoms with E-state index >= 15 is 0 Å². The molecule has 1 amide bonds. The largest absolute Gasteiger partial charge is 0.497 e. The van der Waals surface area contributed by atoms with E-state index in [2.05, 4.69) is 15.9 Å². The number of fused-ring (bicyclic) bond motifs is 2. The molecule has 1 fully saturated rings. The average Bonchev–Trinajstić information content (AvgIpc) is 2.85. The van der Waals surface area contributed by atoms with E-state index in [1.165, 1.54) is 0 Å². The Morgan fingerprint density at radius 1 is 1.16 bits per heavy atom. The zero-order valence-electron chi connectivity index (χ0n) is 13.8. The van der Waals surface area contributed by atoms with Gasteiger partial charge in [-0.05, 0) is 42.3 Å². The second-order valence-electron chi connectivity index (χ2n) is 6.07. The molecule has 5 nitrogen and oxygen atoms in total. The van der Waals surface area contributed by atoms with Crippen LogP contribution in [0.5, 0.6) is 5.75 Å². The van der Waals surface area contributed by atoms with Gasteiger partial charge >= 0.3 is 0 Å². The highest BCUT2D eigenvalue weighted by atomic mass is 79.9. The van der Waals surface area contributed by atoms with Crippen molar-refractivity contribution >= 4 is 27.5 Å². The Hall–Kier alpha value is -1.89. The first-order chi connectivity index (χ1) is 12.1. The molecule has 2 aliphatic heterocycles. The molecule has 0 aromatic heterocycles. The molecule has 1 saturated heterocycles. The van der Waals surface area contributed by atoms with Crippen LogP contribution in [0.3, 0.4) is 0 Å². The highest BCUT2D eigenvalue weighted by Gasteiger charge is 2.54. The Balaban J connectivity index is 1.72. The first kappa shape index (κ1) is 16.6. The zero-order valence-corrected chi connectivity index (χ0v) is 15.4. The van der Waals surface area contributed by atoms with E-state index in [1.807, 2.05) is 42.5 Å². The van der Waals surface area contributed by atoms with E-state index in [-0.39, 0.29) is 5.91 Å². The molecule has 0 saturated carbocycles. The maximum atomic E-state index is 13.2. The Bertz CT molecular complexity index is 800. The Labute approximate surface area is 154 Å². The first-order valence-corrected chi connectivity index (χ1v) is 8.96. The number of hydrogen-bond acceptors (Lipinski definition) is 4. The molecule has 2 aliphatic rings. The minimum absolute atomic E-state index is 0.170. The minimum atomic E-state index is -1.32. The summed E-state index contributed by atoms with van der Waals surface area (Å²) in [5, 5.41) is 0. The van der Waals surface area contributed by atoms with E-state index in [0.717, 1.165) is 33.5 Å². The Kier molecular flexibility index (Phi) is 4.27. The molecule has 25 heavy (non-hydrogen) atoms. The summed E-state index contributed by atoms with van der Waals surface area (Å²) in [6.45, 7) is 1.47. The molecule has 6 heteroatoms. The molecule has 2 heterocycles. The molecular weight excluding hydrogens is 386 g/mol. The molecule has 0 atom stereocenters. The van der Waals surface area contributed by atoms with Crippen LogP contribution in [0.2, 0.25) is 0 Å². The number of anilines is 1. The van der Waals surface area contributed by atoms with Crippen molar-refractivity contribution in [2.75, 3.05) is 25.2 Å². The number of ether oxygens (including phenoxy) is 3. The van der Waals surface area contributed by atoms with Crippen LogP contribution in [0.1, 0.15) is 17.5 Å². The van der Waals surface area contributed by atoms with Crippen LogP contribution < -0.4 is 9.64 Å². The lowest BCUT2D eigenvalue weighted by molar-refractivity contribution is -0.256. The summed E-state index contributed by atoms with van der Waals surface area (Å²) in [5.41, 5.74) is 2.60. The number of nitrogens with zero attached hydrogens (tertiary/aromatic N) is 1. The van der Waals surface area contributed by atoms with Crippen LogP contribution in [-0.4, -0.2) is 26.2 Å². The van der Waals surface area contributed by atoms with Crippen molar-refractivity contribution in [2.45, 2.75) is 18.8 Å². The fourth-order valence-corrected chi connectivity index (χ4v) is 3.65. The van der Waals surface area contributed by atoms with Crippen molar-refractivity contribution in [3.63, 3.8) is 0 Å². The molecule has 0 bridgehead atoms. The zero-order chi connectivity index (χ0) is 17.4. The van der Waals surface area contributed by atoms with E-state index < -0.39 is 5.79 Å². The number of benzene rings is 2. The Morgan fingerprint density at radius 2 is 1.88 bits per heavy atom. The van der Waals surface area contributed by atoms with E-state index in [0.29, 0.717) is 19.8 Å². The molecule has 2 aromatic carbocycles. The molecule has 2 aromatic rings. The normalized spacial score (nSPS) is 18.5. The van der Waals surface area contributed by atoms with Gasteiger partial charge in [-0.25, -0.2) is 0 Å². The van der Waals surface area contributed by atoms with Gasteiger partial charge in [0.15, 0.2) is 0 Å². The number of carbonyl (C=O) groups excluding carboxylic acids is 1. The van der Waals surface area contributed by atoms with E-state index in [4.69, 9.17) is 14.2 Å². The summed E-state index contributed by atoms with van der Waals surface area (Å²) in [5.74, 6) is -0.698. The van der Waals surface area contributed by atoms with Crippen LogP contribution in [0.4, 0.5) is 5.69 Å². The lowest BCUT2D eigenvalue weighted by Gasteiger charge is -2.32. The lowest BCUT2D eigenvalue weighted by Crippen LogP contribution is -2.47. The Morgan fingerprint density at radius 3 is 2.56 bits per heavy atom. The number of carbonyl (C=O) groups is 1. The van der Waals surface area contributed by atoms with Gasteiger partial charge < -0.3 is 19.1 Å². The second-order valence-corrected chi connectivity index (χ2v) is 6.98. The molecule has 0 aliphatic carbocycles. The van der Waals surface area contributed by atoms with Gasteiger partial charge in [-0.3, -0.25) is 4.79 Å². The van der Waals surface area contributed by atoms with Gasteiger partial charge in [-0.1, -0.05) is 28.1 Å². The average molecular weight is 404 g/mol. The lowest BCUT2D eigenvalue weighted by atomic mass is 10.1. The van der Waals surface area contributed by atoms with Crippen molar-refractivity contribution in [3.05, 3.63) is 58.1 Å². The maximum Gasteiger partial charge on any atom is 0.292 e. The number of amides is 1. The highest BCUT2D eigenvalue weighted by Crippen LogP contribution is 2.46. The summed E-state index contributed by atoms with van der Waals surface area (Å²) in [7, 11) is 1.63. The fourth-order valence-electron chi connectivity index (χ4n) is 3.29. The van der Waals surface area contributed by atoms with Crippen molar-refractivity contribution in [2.24, 2.45) is 0 Å². The van der Waals surface area contributed by atoms with Crippen molar-refractivity contribution < 1.29 is 19.0 Å². The van der Waals surface area contributed by atoms with Gasteiger partial charge in [-0.2, -0.15) is 0 Å². The number of hydrogen-bond donors (Lipinski definition) is 0. The van der Waals surface area contributed by atoms with Gasteiger partial charge in [0.05, 0.1) is 32.6 Å². The van der Waals surface area contributed by atoms with Crippen LogP contribution in [0.25, 0.3) is 0 Å². The number of methoxy groups -OCH3 is 1. The molecule has 1 spiro atoms. The molecule has 130 valence electrons. The molecular formula is C19H18BrNO4. The summed E-state index contributed by atoms with van der Waals surface area (Å²) in [6, 6.07) is 13.5. The number of rotatable bonds is 3. The maximum absolute atomic E-state index is 13.2. The molecule has 0 N–H and O–H groups in total. The number of halogens is 1. The standard InChI is InChI=1S/C19H18BrNO4/c1-23-15-6-3-13(4-7-15)12-21-17-8-5-14(20)11-16(17)19(18(21)22)24-9-2-10-25-19/h3-8,11H,2,9-10,12H2,1H3. The summed E-state index contributed by atoms with van der Waals surface area (Å²) in [4.78, 5) is 14.9. The SMILES string of the molecule is COc1ccc(CN2C(=O)C3(OCCCO3)c3cc(Br)ccc32)cc1. The minimum Gasteiger partial charge on any atom is -0.497 e. The topological polar surface area (TPSA) is 48.0 Å². The molecule has 0 unspecified atom stereocenters. The predicted molar refractivity (Wildman–Crippen MR) is 96.5 cm³/mol. The predicted octanol–water partition coefficient (Wildman–Crippen LogP) is 3.59. The van der Waals surface area contributed by atoms with Gasteiger partial charge in [0.25, 0.3) is 11.7 Å². The highest BCUT2D eigenvalue weighted by molar-refractivity contribution is 9.10. The molecule has 4 rings (SSSR count). The third kappa shape index (κ3) is 2.74. The van der Waals surface area contributed by atoms with E-state index in [9.17, 15) is 4.79 Å². The summed E-state index contributed by atoms with van der Waals surface area (Å²) in [6.07, 6.45) is 0.789. The monoisotopic (exact) mass is 403 g/mol. The first-order valence-electron chi connectivity index (χ1n) is 8.17. The summed E-state index contributed by atoms with van der Waals surface area (Å²) < 4.78 is 17.8. The second kappa shape index (κ2) is 6.44. The fraction of sp³-hybridized carbons (Fsp3) is 0.316.